The van der Waals surface area contributed by atoms with Crippen molar-refractivity contribution >= 4 is 17.0 Å². The van der Waals surface area contributed by atoms with Crippen LogP contribution in [0.1, 0.15) is 10.7 Å². The van der Waals surface area contributed by atoms with Gasteiger partial charge in [0.15, 0.2) is 0 Å². The summed E-state index contributed by atoms with van der Waals surface area (Å²) in [4.78, 5) is 8.94. The third kappa shape index (κ3) is 2.80. The number of pyridine rings is 1. The van der Waals surface area contributed by atoms with Crippen LogP contribution < -0.4 is 5.73 Å². The first-order valence-corrected chi connectivity index (χ1v) is 6.89. The lowest BCUT2D eigenvalue weighted by atomic mass is 10.2. The Hall–Kier alpha value is -2.20. The molecule has 0 aliphatic heterocycles. The van der Waals surface area contributed by atoms with E-state index in [1.807, 2.05) is 30.3 Å². The van der Waals surface area contributed by atoms with Gasteiger partial charge < -0.3 is 5.73 Å². The Morgan fingerprint density at radius 2 is 1.89 bits per heavy atom. The first kappa shape index (κ1) is 11.9. The zero-order valence-electron chi connectivity index (χ0n) is 10.3. The number of nitrogens with zero attached hydrogens (tertiary/aromatic N) is 2. The lowest BCUT2D eigenvalue weighted by Crippen LogP contribution is -1.93. The molecule has 0 radical (unpaired) electrons. The summed E-state index contributed by atoms with van der Waals surface area (Å²) in [6, 6.07) is 14.0. The highest BCUT2D eigenvalue weighted by Crippen LogP contribution is 2.22. The van der Waals surface area contributed by atoms with E-state index in [2.05, 4.69) is 27.5 Å². The standard InChI is InChI=1S/C15H13N3S/c16-12-6-7-13(17-9-12)8-15-18-14(10-19-15)11-4-2-1-3-5-11/h1-7,9-10H,8,16H2. The van der Waals surface area contributed by atoms with E-state index >= 15 is 0 Å². The molecule has 3 aromatic rings. The molecular weight excluding hydrogens is 254 g/mol. The van der Waals surface area contributed by atoms with Gasteiger partial charge in [-0.1, -0.05) is 30.3 Å². The van der Waals surface area contributed by atoms with Crippen molar-refractivity contribution in [3.05, 3.63) is 64.7 Å². The fraction of sp³-hybridized carbons (Fsp3) is 0.0667. The molecule has 2 heterocycles. The molecule has 0 aliphatic rings. The summed E-state index contributed by atoms with van der Waals surface area (Å²) < 4.78 is 0. The number of nitrogen functional groups attached to an aromatic ring is 1. The van der Waals surface area contributed by atoms with E-state index in [1.165, 1.54) is 0 Å². The summed E-state index contributed by atoms with van der Waals surface area (Å²) in [6.45, 7) is 0. The van der Waals surface area contributed by atoms with Gasteiger partial charge in [0.2, 0.25) is 0 Å². The van der Waals surface area contributed by atoms with Gasteiger partial charge >= 0.3 is 0 Å². The molecule has 4 heteroatoms. The minimum Gasteiger partial charge on any atom is -0.397 e. The van der Waals surface area contributed by atoms with Crippen molar-refractivity contribution in [1.29, 1.82) is 0 Å². The lowest BCUT2D eigenvalue weighted by Gasteiger charge is -1.98. The van der Waals surface area contributed by atoms with Crippen LogP contribution in [0.4, 0.5) is 5.69 Å². The highest BCUT2D eigenvalue weighted by atomic mass is 32.1. The molecule has 3 nitrogen and oxygen atoms in total. The topological polar surface area (TPSA) is 51.8 Å². The first-order valence-electron chi connectivity index (χ1n) is 6.01. The van der Waals surface area contributed by atoms with Crippen molar-refractivity contribution in [2.75, 3.05) is 5.73 Å². The monoisotopic (exact) mass is 267 g/mol. The zero-order chi connectivity index (χ0) is 13.1. The van der Waals surface area contributed by atoms with E-state index in [-0.39, 0.29) is 0 Å². The summed E-state index contributed by atoms with van der Waals surface area (Å²) in [5, 5.41) is 3.15. The van der Waals surface area contributed by atoms with E-state index in [1.54, 1.807) is 17.5 Å². The second-order valence-electron chi connectivity index (χ2n) is 4.25. The van der Waals surface area contributed by atoms with Crippen LogP contribution in [-0.2, 0) is 6.42 Å². The average Bonchev–Trinajstić information content (AvgIpc) is 2.91. The predicted octanol–water partition coefficient (Wildman–Crippen LogP) is 3.38. The van der Waals surface area contributed by atoms with Gasteiger partial charge in [0.1, 0.15) is 0 Å². The number of aromatic nitrogens is 2. The molecule has 0 aliphatic carbocycles. The van der Waals surface area contributed by atoms with Crippen LogP contribution >= 0.6 is 11.3 Å². The third-order valence-electron chi connectivity index (χ3n) is 2.80. The van der Waals surface area contributed by atoms with Crippen LogP contribution in [0.15, 0.2) is 54.0 Å². The summed E-state index contributed by atoms with van der Waals surface area (Å²) in [7, 11) is 0. The first-order chi connectivity index (χ1) is 9.31. The Labute approximate surface area is 115 Å². The quantitative estimate of drug-likeness (QED) is 0.791. The number of benzene rings is 1. The molecule has 0 spiro atoms. The lowest BCUT2D eigenvalue weighted by molar-refractivity contribution is 1.05. The maximum absolute atomic E-state index is 5.62. The summed E-state index contributed by atoms with van der Waals surface area (Å²) in [5.74, 6) is 0. The van der Waals surface area contributed by atoms with Crippen LogP contribution in [0, 0.1) is 0 Å². The van der Waals surface area contributed by atoms with Crippen molar-refractivity contribution < 1.29 is 0 Å². The van der Waals surface area contributed by atoms with Gasteiger partial charge in [-0.25, -0.2) is 4.98 Å². The molecule has 3 rings (SSSR count). The predicted molar refractivity (Wildman–Crippen MR) is 79.0 cm³/mol. The van der Waals surface area contributed by atoms with Gasteiger partial charge in [0.25, 0.3) is 0 Å². The van der Waals surface area contributed by atoms with E-state index < -0.39 is 0 Å². The van der Waals surface area contributed by atoms with Crippen molar-refractivity contribution in [3.8, 4) is 11.3 Å². The van der Waals surface area contributed by atoms with E-state index in [4.69, 9.17) is 5.73 Å². The molecule has 0 amide bonds. The van der Waals surface area contributed by atoms with Crippen molar-refractivity contribution in [1.82, 2.24) is 9.97 Å². The maximum atomic E-state index is 5.62. The molecular formula is C15H13N3S. The Morgan fingerprint density at radius 1 is 1.05 bits per heavy atom. The van der Waals surface area contributed by atoms with Crippen molar-refractivity contribution in [2.24, 2.45) is 0 Å². The van der Waals surface area contributed by atoms with Crippen molar-refractivity contribution in [2.45, 2.75) is 6.42 Å². The van der Waals surface area contributed by atoms with Crippen LogP contribution in [0.25, 0.3) is 11.3 Å². The van der Waals surface area contributed by atoms with Gasteiger partial charge in [-0.15, -0.1) is 11.3 Å². The van der Waals surface area contributed by atoms with Gasteiger partial charge in [-0.2, -0.15) is 0 Å². The molecule has 0 bridgehead atoms. The Balaban J connectivity index is 1.80. The highest BCUT2D eigenvalue weighted by molar-refractivity contribution is 7.10. The van der Waals surface area contributed by atoms with Gasteiger partial charge in [-0.3, -0.25) is 4.98 Å². The number of hydrogen-bond acceptors (Lipinski definition) is 4. The van der Waals surface area contributed by atoms with Crippen molar-refractivity contribution in [3.63, 3.8) is 0 Å². The van der Waals surface area contributed by atoms with E-state index in [0.717, 1.165) is 28.4 Å². The molecule has 2 aromatic heterocycles. The average molecular weight is 267 g/mol. The molecule has 2 N–H and O–H groups in total. The second-order valence-corrected chi connectivity index (χ2v) is 5.19. The Bertz CT molecular complexity index is 659. The molecule has 1 aromatic carbocycles. The fourth-order valence-electron chi connectivity index (χ4n) is 1.83. The van der Waals surface area contributed by atoms with Crippen LogP contribution in [0.5, 0.6) is 0 Å². The molecule has 0 fully saturated rings. The number of nitrogens with two attached hydrogens (primary N) is 1. The molecule has 0 saturated carbocycles. The summed E-state index contributed by atoms with van der Waals surface area (Å²) >= 11 is 1.66. The smallest absolute Gasteiger partial charge is 0.0992 e. The van der Waals surface area contributed by atoms with Gasteiger partial charge in [0.05, 0.1) is 22.6 Å². The number of thiazole rings is 1. The third-order valence-corrected chi connectivity index (χ3v) is 3.65. The van der Waals surface area contributed by atoms with E-state index in [9.17, 15) is 0 Å². The molecule has 0 saturated heterocycles. The SMILES string of the molecule is Nc1ccc(Cc2nc(-c3ccccc3)cs2)nc1. The van der Waals surface area contributed by atoms with Crippen LogP contribution in [-0.4, -0.2) is 9.97 Å². The maximum Gasteiger partial charge on any atom is 0.0992 e. The highest BCUT2D eigenvalue weighted by Gasteiger charge is 2.05. The number of rotatable bonds is 3. The largest absolute Gasteiger partial charge is 0.397 e. The zero-order valence-corrected chi connectivity index (χ0v) is 11.1. The molecule has 94 valence electrons. The Morgan fingerprint density at radius 3 is 2.63 bits per heavy atom. The van der Waals surface area contributed by atoms with Gasteiger partial charge in [-0.05, 0) is 12.1 Å². The van der Waals surface area contributed by atoms with E-state index in [0.29, 0.717) is 5.69 Å². The fourth-order valence-corrected chi connectivity index (χ4v) is 2.65. The normalized spacial score (nSPS) is 10.5. The minimum atomic E-state index is 0.688. The minimum absolute atomic E-state index is 0.688. The van der Waals surface area contributed by atoms with Crippen LogP contribution in [0.3, 0.4) is 0 Å². The van der Waals surface area contributed by atoms with Crippen LogP contribution in [0.2, 0.25) is 0 Å². The molecule has 0 unspecified atom stereocenters. The second kappa shape index (κ2) is 5.20. The number of hydrogen-bond donors (Lipinski definition) is 1. The molecule has 19 heavy (non-hydrogen) atoms. The number of anilines is 1. The summed E-state index contributed by atoms with van der Waals surface area (Å²) in [5.41, 5.74) is 9.47. The Kier molecular flexibility index (Phi) is 3.25. The van der Waals surface area contributed by atoms with Gasteiger partial charge in [0, 0.05) is 23.1 Å². The molecule has 0 atom stereocenters. The summed E-state index contributed by atoms with van der Waals surface area (Å²) in [6.07, 6.45) is 2.43.